The summed E-state index contributed by atoms with van der Waals surface area (Å²) in [5.41, 5.74) is 3.72. The number of thioether (sulfide) groups is 1. The lowest BCUT2D eigenvalue weighted by Gasteiger charge is -2.22. The molecule has 7 heteroatoms. The van der Waals surface area contributed by atoms with Crippen molar-refractivity contribution in [2.24, 2.45) is 0 Å². The first-order valence-electron chi connectivity index (χ1n) is 7.60. The van der Waals surface area contributed by atoms with E-state index in [1.807, 2.05) is 72.3 Å². The zero-order valence-electron chi connectivity index (χ0n) is 13.1. The number of nitrogens with one attached hydrogen (secondary N) is 1. The van der Waals surface area contributed by atoms with Gasteiger partial charge >= 0.3 is 0 Å². The third-order valence-electron chi connectivity index (χ3n) is 3.59. The normalized spacial score (nSPS) is 16.0. The summed E-state index contributed by atoms with van der Waals surface area (Å²) in [6.07, 6.45) is 0. The van der Waals surface area contributed by atoms with Crippen molar-refractivity contribution >= 4 is 45.3 Å². The van der Waals surface area contributed by atoms with E-state index in [0.29, 0.717) is 5.13 Å². The molecule has 0 bridgehead atoms. The van der Waals surface area contributed by atoms with Gasteiger partial charge in [-0.3, -0.25) is 4.57 Å². The minimum Gasteiger partial charge on any atom is -0.305 e. The quantitative estimate of drug-likeness (QED) is 0.562. The van der Waals surface area contributed by atoms with Crippen LogP contribution in [0.1, 0.15) is 11.1 Å². The molecule has 1 N–H and O–H groups in total. The van der Waals surface area contributed by atoms with Crippen molar-refractivity contribution in [3.05, 3.63) is 88.9 Å². The van der Waals surface area contributed by atoms with Crippen LogP contribution >= 0.6 is 30.4 Å². The number of anilines is 1. The van der Waals surface area contributed by atoms with Gasteiger partial charge in [0.25, 0.3) is 0 Å². The van der Waals surface area contributed by atoms with Gasteiger partial charge in [-0.2, -0.15) is 0 Å². The molecule has 1 aliphatic heterocycles. The lowest BCUT2D eigenvalue weighted by Crippen LogP contribution is -1.97. The second-order valence-electron chi connectivity index (χ2n) is 5.39. The summed E-state index contributed by atoms with van der Waals surface area (Å²) in [6.45, 7) is 0. The fraction of sp³-hybridized carbons (Fsp3) is 0. The zero-order valence-corrected chi connectivity index (χ0v) is 15.6. The summed E-state index contributed by atoms with van der Waals surface area (Å²) < 4.78 is 13.5. The second kappa shape index (κ2) is 7.00. The van der Waals surface area contributed by atoms with Crippen LogP contribution in [0.3, 0.4) is 0 Å². The maximum Gasteiger partial charge on any atom is 0.217 e. The highest BCUT2D eigenvalue weighted by Crippen LogP contribution is 2.60. The standard InChI is InChI=1S/C18H14N3OPS2/c22-23(21-18-20-19-13-24-18)11-16(14-7-3-1-4-8-14)25-17(12-23)15-9-5-2-6-10-15/h1-13H,(H,20,21,22). The summed E-state index contributed by atoms with van der Waals surface area (Å²) in [5.74, 6) is 3.64. The monoisotopic (exact) mass is 383 g/mol. The predicted octanol–water partition coefficient (Wildman–Crippen LogP) is 5.97. The lowest BCUT2D eigenvalue weighted by molar-refractivity contribution is 0.589. The molecule has 1 aromatic heterocycles. The van der Waals surface area contributed by atoms with Gasteiger partial charge in [-0.1, -0.05) is 83.8 Å². The van der Waals surface area contributed by atoms with E-state index in [1.165, 1.54) is 11.3 Å². The van der Waals surface area contributed by atoms with E-state index in [1.54, 1.807) is 17.3 Å². The number of hydrogen-bond donors (Lipinski definition) is 1. The molecule has 0 unspecified atom stereocenters. The van der Waals surface area contributed by atoms with Crippen molar-refractivity contribution < 1.29 is 4.57 Å². The summed E-state index contributed by atoms with van der Waals surface area (Å²) in [7, 11) is -2.93. The number of aromatic nitrogens is 2. The van der Waals surface area contributed by atoms with Crippen LogP contribution in [0.25, 0.3) is 9.81 Å². The minimum absolute atomic E-state index is 0.558. The molecule has 2 heterocycles. The fourth-order valence-corrected chi connectivity index (χ4v) is 7.04. The summed E-state index contributed by atoms with van der Waals surface area (Å²) >= 11 is 2.97. The highest BCUT2D eigenvalue weighted by Gasteiger charge is 2.26. The summed E-state index contributed by atoms with van der Waals surface area (Å²) in [5, 5.41) is 11.4. The molecule has 0 spiro atoms. The van der Waals surface area contributed by atoms with E-state index in [-0.39, 0.29) is 0 Å². The van der Waals surface area contributed by atoms with E-state index in [4.69, 9.17) is 0 Å². The maximum absolute atomic E-state index is 13.5. The van der Waals surface area contributed by atoms with Crippen LogP contribution in [0.5, 0.6) is 0 Å². The molecular formula is C18H14N3OPS2. The van der Waals surface area contributed by atoms with E-state index >= 15 is 0 Å². The Morgan fingerprint density at radius 2 is 1.40 bits per heavy atom. The Morgan fingerprint density at radius 3 is 1.88 bits per heavy atom. The molecule has 0 aliphatic carbocycles. The second-order valence-corrected chi connectivity index (χ2v) is 9.46. The van der Waals surface area contributed by atoms with Gasteiger partial charge in [0.1, 0.15) is 5.51 Å². The fourth-order valence-electron chi connectivity index (χ4n) is 2.46. The molecule has 4 rings (SSSR count). The average Bonchev–Trinajstić information content (AvgIpc) is 3.15. The van der Waals surface area contributed by atoms with Gasteiger partial charge in [0.2, 0.25) is 12.4 Å². The zero-order chi connectivity index (χ0) is 17.1. The minimum atomic E-state index is -2.93. The SMILES string of the molecule is O=P1(Nc2nncs2)C=C(c2ccccc2)SC(c2ccccc2)=C1. The molecule has 0 radical (unpaired) electrons. The van der Waals surface area contributed by atoms with Crippen molar-refractivity contribution in [2.75, 3.05) is 5.09 Å². The average molecular weight is 383 g/mol. The van der Waals surface area contributed by atoms with Gasteiger partial charge in [-0.15, -0.1) is 10.2 Å². The van der Waals surface area contributed by atoms with Crippen LogP contribution in [0.15, 0.2) is 77.8 Å². The summed E-state index contributed by atoms with van der Waals surface area (Å²) in [4.78, 5) is 1.95. The Bertz CT molecular complexity index is 911. The van der Waals surface area contributed by atoms with Crippen molar-refractivity contribution in [2.45, 2.75) is 0 Å². The Hall–Kier alpha value is -2.14. The van der Waals surface area contributed by atoms with E-state index in [9.17, 15) is 4.57 Å². The molecular weight excluding hydrogens is 369 g/mol. The Balaban J connectivity index is 1.78. The van der Waals surface area contributed by atoms with Crippen LogP contribution in [-0.4, -0.2) is 10.2 Å². The molecule has 0 saturated heterocycles. The number of benzene rings is 2. The highest BCUT2D eigenvalue weighted by atomic mass is 32.2. The van der Waals surface area contributed by atoms with E-state index in [2.05, 4.69) is 15.3 Å². The van der Waals surface area contributed by atoms with Crippen LogP contribution in [-0.2, 0) is 4.57 Å². The molecule has 0 amide bonds. The van der Waals surface area contributed by atoms with Gasteiger partial charge < -0.3 is 5.09 Å². The van der Waals surface area contributed by atoms with Crippen molar-refractivity contribution in [3.8, 4) is 0 Å². The van der Waals surface area contributed by atoms with Crippen LogP contribution in [0.4, 0.5) is 5.13 Å². The van der Waals surface area contributed by atoms with Crippen molar-refractivity contribution in [3.63, 3.8) is 0 Å². The van der Waals surface area contributed by atoms with E-state index < -0.39 is 7.29 Å². The van der Waals surface area contributed by atoms with Crippen molar-refractivity contribution in [1.29, 1.82) is 0 Å². The molecule has 124 valence electrons. The maximum atomic E-state index is 13.5. The Morgan fingerprint density at radius 1 is 0.840 bits per heavy atom. The van der Waals surface area contributed by atoms with Crippen LogP contribution in [0.2, 0.25) is 0 Å². The molecule has 2 aromatic carbocycles. The Labute approximate surface area is 154 Å². The third-order valence-corrected chi connectivity index (χ3v) is 7.68. The smallest absolute Gasteiger partial charge is 0.217 e. The molecule has 1 aliphatic rings. The summed E-state index contributed by atoms with van der Waals surface area (Å²) in [6, 6.07) is 20.0. The third kappa shape index (κ3) is 3.76. The number of hydrogen-bond acceptors (Lipinski definition) is 5. The first kappa shape index (κ1) is 16.3. The molecule has 0 fully saturated rings. The molecule has 3 aromatic rings. The largest absolute Gasteiger partial charge is 0.305 e. The van der Waals surface area contributed by atoms with E-state index in [0.717, 1.165) is 20.9 Å². The molecule has 25 heavy (non-hydrogen) atoms. The van der Waals surface area contributed by atoms with Crippen LogP contribution < -0.4 is 5.09 Å². The van der Waals surface area contributed by atoms with Gasteiger partial charge in [-0.05, 0) is 11.1 Å². The van der Waals surface area contributed by atoms with Crippen LogP contribution in [0, 0.1) is 0 Å². The topological polar surface area (TPSA) is 54.9 Å². The highest BCUT2D eigenvalue weighted by molar-refractivity contribution is 8.17. The Kier molecular flexibility index (Phi) is 4.57. The lowest BCUT2D eigenvalue weighted by atomic mass is 10.2. The molecule has 4 nitrogen and oxygen atoms in total. The van der Waals surface area contributed by atoms with Crippen molar-refractivity contribution in [1.82, 2.24) is 10.2 Å². The first-order chi connectivity index (χ1) is 12.2. The number of rotatable bonds is 4. The molecule has 0 saturated carbocycles. The predicted molar refractivity (Wildman–Crippen MR) is 108 cm³/mol. The van der Waals surface area contributed by atoms with Gasteiger partial charge in [0.15, 0.2) is 0 Å². The number of nitrogens with zero attached hydrogens (tertiary/aromatic N) is 2. The van der Waals surface area contributed by atoms with Gasteiger partial charge in [0.05, 0.1) is 0 Å². The first-order valence-corrected chi connectivity index (χ1v) is 11.1. The van der Waals surface area contributed by atoms with Gasteiger partial charge in [-0.25, -0.2) is 0 Å². The molecule has 0 atom stereocenters. The van der Waals surface area contributed by atoms with Gasteiger partial charge in [0, 0.05) is 21.4 Å².